The van der Waals surface area contributed by atoms with Crippen LogP contribution >= 0.6 is 11.6 Å². The molecule has 0 aromatic heterocycles. The highest BCUT2D eigenvalue weighted by atomic mass is 35.5. The zero-order chi connectivity index (χ0) is 31.3. The zero-order valence-corrected chi connectivity index (χ0v) is 26.8. The first kappa shape index (κ1) is 33.1. The van der Waals surface area contributed by atoms with E-state index in [0.29, 0.717) is 42.0 Å². The molecule has 2 aliphatic rings. The quantitative estimate of drug-likeness (QED) is 0.319. The number of hydrogen-bond donors (Lipinski definition) is 3. The monoisotopic (exact) mass is 630 g/mol. The van der Waals surface area contributed by atoms with E-state index in [9.17, 15) is 18.0 Å². The highest BCUT2D eigenvalue weighted by Gasteiger charge is 2.50. The molecule has 0 unspecified atom stereocenters. The van der Waals surface area contributed by atoms with Crippen LogP contribution in [0.4, 0.5) is 0 Å². The van der Waals surface area contributed by atoms with Gasteiger partial charge in [-0.1, -0.05) is 80.3 Å². The summed E-state index contributed by atoms with van der Waals surface area (Å²) in [5.41, 5.74) is 6.20. The van der Waals surface area contributed by atoms with Crippen molar-refractivity contribution in [3.8, 4) is 0 Å². The number of rotatable bonds is 12. The maximum atomic E-state index is 14.2. The van der Waals surface area contributed by atoms with Crippen molar-refractivity contribution in [3.63, 3.8) is 0 Å². The number of halogens is 1. The molecule has 0 bridgehead atoms. The standard InChI is InChI=1S/C32H43ClN4O5S/c1-4-19-37(29(38)27(35-30(39)31(2,3)34)22-42-21-23-11-7-5-8-12-23)20-26-28(24-13-15-25(33)16-14-24)43(40,41)36-32(26)17-9-6-10-18-32/h5,7-8,11-16,27,36H,4,6,9-10,17-22,34H2,1-3H3,(H,35,39)/t27-/m1/s1. The molecule has 2 amide bonds. The fourth-order valence-corrected chi connectivity index (χ4v) is 7.90. The number of nitrogens with one attached hydrogen (secondary N) is 2. The van der Waals surface area contributed by atoms with Crippen LogP contribution in [0, 0.1) is 0 Å². The Bertz CT molecular complexity index is 1420. The Labute approximate surface area is 260 Å². The molecule has 234 valence electrons. The molecule has 11 heteroatoms. The summed E-state index contributed by atoms with van der Waals surface area (Å²) in [6.45, 7) is 5.75. The molecule has 1 fully saturated rings. The maximum absolute atomic E-state index is 14.2. The van der Waals surface area contributed by atoms with Crippen LogP contribution in [0.5, 0.6) is 0 Å². The van der Waals surface area contributed by atoms with Gasteiger partial charge in [0.05, 0.1) is 29.2 Å². The molecular weight excluding hydrogens is 588 g/mol. The predicted octanol–water partition coefficient (Wildman–Crippen LogP) is 4.36. The molecule has 9 nitrogen and oxygen atoms in total. The van der Waals surface area contributed by atoms with Crippen molar-refractivity contribution in [1.29, 1.82) is 0 Å². The van der Waals surface area contributed by atoms with Crippen molar-refractivity contribution in [3.05, 3.63) is 76.3 Å². The lowest BCUT2D eigenvalue weighted by Gasteiger charge is -2.38. The van der Waals surface area contributed by atoms with E-state index in [-0.39, 0.29) is 30.6 Å². The smallest absolute Gasteiger partial charge is 0.247 e. The number of sulfonamides is 1. The first-order valence-corrected chi connectivity index (χ1v) is 16.8. The molecule has 1 atom stereocenters. The fourth-order valence-electron chi connectivity index (χ4n) is 5.80. The molecule has 4 rings (SSSR count). The number of carbonyl (C=O) groups excluding carboxylic acids is 2. The lowest BCUT2D eigenvalue weighted by molar-refractivity contribution is -0.139. The Morgan fingerprint density at radius 3 is 2.35 bits per heavy atom. The summed E-state index contributed by atoms with van der Waals surface area (Å²) >= 11 is 6.13. The molecule has 43 heavy (non-hydrogen) atoms. The van der Waals surface area contributed by atoms with Crippen LogP contribution < -0.4 is 15.8 Å². The number of hydrogen-bond acceptors (Lipinski definition) is 6. The SMILES string of the molecule is CCCN(CC1=C(c2ccc(Cl)cc2)S(=O)(=O)NC12CCCCC2)C(=O)[C@@H](COCc1ccccc1)NC(=O)C(C)(C)N. The Kier molecular flexibility index (Phi) is 10.7. The van der Waals surface area contributed by atoms with Gasteiger partial charge in [0.15, 0.2) is 0 Å². The highest BCUT2D eigenvalue weighted by molar-refractivity contribution is 7.99. The van der Waals surface area contributed by atoms with Gasteiger partial charge in [0.25, 0.3) is 0 Å². The Hall–Kier alpha value is -2.76. The van der Waals surface area contributed by atoms with Crippen molar-refractivity contribution < 1.29 is 22.7 Å². The van der Waals surface area contributed by atoms with E-state index in [1.54, 1.807) is 43.0 Å². The third-order valence-corrected chi connectivity index (χ3v) is 9.93. The van der Waals surface area contributed by atoms with Crippen LogP contribution in [0.2, 0.25) is 5.02 Å². The zero-order valence-electron chi connectivity index (χ0n) is 25.2. The Balaban J connectivity index is 1.70. The average Bonchev–Trinajstić information content (AvgIpc) is 3.17. The summed E-state index contributed by atoms with van der Waals surface area (Å²) in [6.07, 6.45) is 4.70. The van der Waals surface area contributed by atoms with Crippen LogP contribution in [0.1, 0.15) is 70.4 Å². The molecule has 0 radical (unpaired) electrons. The Morgan fingerprint density at radius 1 is 1.09 bits per heavy atom. The van der Waals surface area contributed by atoms with Crippen molar-refractivity contribution in [1.82, 2.24) is 14.9 Å². The second-order valence-electron chi connectivity index (χ2n) is 12.1. The predicted molar refractivity (Wildman–Crippen MR) is 169 cm³/mol. The van der Waals surface area contributed by atoms with E-state index < -0.39 is 33.1 Å². The normalized spacial score (nSPS) is 18.4. The number of amides is 2. The van der Waals surface area contributed by atoms with Crippen LogP contribution in [-0.2, 0) is 31.0 Å². The average molecular weight is 631 g/mol. The van der Waals surface area contributed by atoms with E-state index in [1.165, 1.54) is 0 Å². The molecule has 0 saturated heterocycles. The van der Waals surface area contributed by atoms with Gasteiger partial charge < -0.3 is 20.7 Å². The van der Waals surface area contributed by atoms with Crippen LogP contribution in [0.3, 0.4) is 0 Å². The molecule has 1 spiro atoms. The van der Waals surface area contributed by atoms with Gasteiger partial charge >= 0.3 is 0 Å². The molecule has 2 aromatic rings. The third-order valence-electron chi connectivity index (χ3n) is 8.00. The minimum Gasteiger partial charge on any atom is -0.374 e. The van der Waals surface area contributed by atoms with E-state index in [2.05, 4.69) is 10.0 Å². The second kappa shape index (κ2) is 13.9. The number of nitrogens with zero attached hydrogens (tertiary/aromatic N) is 1. The lowest BCUT2D eigenvalue weighted by Crippen LogP contribution is -2.58. The third kappa shape index (κ3) is 8.05. The minimum atomic E-state index is -3.86. The first-order chi connectivity index (χ1) is 20.4. The van der Waals surface area contributed by atoms with Gasteiger partial charge in [-0.25, -0.2) is 13.1 Å². The molecule has 1 aliphatic heterocycles. The summed E-state index contributed by atoms with van der Waals surface area (Å²) in [5, 5.41) is 3.30. The van der Waals surface area contributed by atoms with Crippen molar-refractivity contribution in [2.24, 2.45) is 5.73 Å². The highest BCUT2D eigenvalue weighted by Crippen LogP contribution is 2.46. The summed E-state index contributed by atoms with van der Waals surface area (Å²) in [7, 11) is -3.86. The molecule has 1 heterocycles. The van der Waals surface area contributed by atoms with Crippen LogP contribution in [-0.4, -0.2) is 61.9 Å². The number of ether oxygens (including phenoxy) is 1. The Morgan fingerprint density at radius 2 is 1.74 bits per heavy atom. The first-order valence-electron chi connectivity index (χ1n) is 14.9. The van der Waals surface area contributed by atoms with Gasteiger partial charge in [-0.15, -0.1) is 0 Å². The van der Waals surface area contributed by atoms with E-state index in [4.69, 9.17) is 22.1 Å². The van der Waals surface area contributed by atoms with E-state index >= 15 is 0 Å². The van der Waals surface area contributed by atoms with E-state index in [1.807, 2.05) is 37.3 Å². The van der Waals surface area contributed by atoms with Crippen molar-refractivity contribution in [2.45, 2.75) is 83.0 Å². The van der Waals surface area contributed by atoms with Crippen molar-refractivity contribution >= 4 is 38.3 Å². The lowest BCUT2D eigenvalue weighted by atomic mass is 9.76. The minimum absolute atomic E-state index is 0.0689. The summed E-state index contributed by atoms with van der Waals surface area (Å²) in [6, 6.07) is 15.3. The topological polar surface area (TPSA) is 131 Å². The van der Waals surface area contributed by atoms with Gasteiger partial charge in [0.2, 0.25) is 21.8 Å². The summed E-state index contributed by atoms with van der Waals surface area (Å²) in [4.78, 5) is 29.0. The van der Waals surface area contributed by atoms with Crippen molar-refractivity contribution in [2.75, 3.05) is 19.7 Å². The summed E-state index contributed by atoms with van der Waals surface area (Å²) in [5.74, 6) is -0.841. The molecule has 1 saturated carbocycles. The molecule has 2 aromatic carbocycles. The summed E-state index contributed by atoms with van der Waals surface area (Å²) < 4.78 is 36.3. The molecule has 1 aliphatic carbocycles. The maximum Gasteiger partial charge on any atom is 0.247 e. The second-order valence-corrected chi connectivity index (χ2v) is 14.1. The van der Waals surface area contributed by atoms with Gasteiger partial charge in [0, 0.05) is 18.1 Å². The number of nitrogens with two attached hydrogens (primary N) is 1. The van der Waals surface area contributed by atoms with Gasteiger partial charge in [-0.05, 0) is 61.9 Å². The van der Waals surface area contributed by atoms with Gasteiger partial charge in [-0.3, -0.25) is 9.59 Å². The van der Waals surface area contributed by atoms with Crippen LogP contribution in [0.25, 0.3) is 4.91 Å². The van der Waals surface area contributed by atoms with Gasteiger partial charge in [-0.2, -0.15) is 0 Å². The van der Waals surface area contributed by atoms with Gasteiger partial charge in [0.1, 0.15) is 6.04 Å². The number of benzene rings is 2. The molecular formula is C32H43ClN4O5S. The van der Waals surface area contributed by atoms with Crippen LogP contribution in [0.15, 0.2) is 60.2 Å². The number of carbonyl (C=O) groups is 2. The fraction of sp³-hybridized carbons (Fsp3) is 0.500. The van der Waals surface area contributed by atoms with E-state index in [0.717, 1.165) is 24.8 Å². The largest absolute Gasteiger partial charge is 0.374 e. The molecule has 4 N–H and O–H groups in total.